The van der Waals surface area contributed by atoms with E-state index in [9.17, 15) is 0 Å². The van der Waals surface area contributed by atoms with Gasteiger partial charge in [-0.25, -0.2) is 14.6 Å². The number of benzene rings is 2. The average molecular weight is 442 g/mol. The normalized spacial score (nSPS) is 15.5. The Bertz CT molecular complexity index is 1300. The number of methoxy groups -OCH3 is 2. The Hall–Kier alpha value is -3.87. The van der Waals surface area contributed by atoms with E-state index in [0.29, 0.717) is 5.82 Å². The molecule has 1 atom stereocenters. The molecule has 2 aromatic carbocycles. The van der Waals surface area contributed by atoms with Gasteiger partial charge in [-0.2, -0.15) is 5.10 Å². The van der Waals surface area contributed by atoms with Crippen molar-refractivity contribution in [3.05, 3.63) is 83.5 Å². The fourth-order valence-corrected chi connectivity index (χ4v) is 4.42. The van der Waals surface area contributed by atoms with Crippen LogP contribution in [0.1, 0.15) is 47.2 Å². The highest BCUT2D eigenvalue weighted by molar-refractivity contribution is 5.69. The molecule has 0 saturated carbocycles. The molecule has 0 radical (unpaired) electrons. The Balaban J connectivity index is 1.42. The van der Waals surface area contributed by atoms with E-state index in [2.05, 4.69) is 23.2 Å². The van der Waals surface area contributed by atoms with Crippen molar-refractivity contribution >= 4 is 12.2 Å². The van der Waals surface area contributed by atoms with Crippen molar-refractivity contribution in [2.75, 3.05) is 14.2 Å². The van der Waals surface area contributed by atoms with Crippen LogP contribution in [0.15, 0.2) is 55.0 Å². The van der Waals surface area contributed by atoms with Crippen molar-refractivity contribution < 1.29 is 9.47 Å². The third-order valence-electron chi connectivity index (χ3n) is 6.02. The molecule has 0 bridgehead atoms. The maximum absolute atomic E-state index is 5.62. The van der Waals surface area contributed by atoms with E-state index in [-0.39, 0.29) is 5.92 Å². The Kier molecular flexibility index (Phi) is 5.69. The molecule has 1 aliphatic rings. The van der Waals surface area contributed by atoms with Gasteiger partial charge in [0.15, 0.2) is 5.82 Å². The molecule has 2 aromatic heterocycles. The summed E-state index contributed by atoms with van der Waals surface area (Å²) in [6.07, 6.45) is 9.85. The summed E-state index contributed by atoms with van der Waals surface area (Å²) < 4.78 is 15.2. The molecule has 0 fully saturated rings. The van der Waals surface area contributed by atoms with E-state index in [4.69, 9.17) is 19.6 Å². The number of para-hydroxylation sites is 1. The molecule has 1 aliphatic heterocycles. The van der Waals surface area contributed by atoms with Crippen molar-refractivity contribution in [1.29, 1.82) is 0 Å². The van der Waals surface area contributed by atoms with Gasteiger partial charge in [0.05, 0.1) is 31.9 Å². The third kappa shape index (κ3) is 4.14. The number of hydrogen-bond donors (Lipinski definition) is 0. The van der Waals surface area contributed by atoms with Gasteiger partial charge in [-0.05, 0) is 49.6 Å². The second-order valence-electron chi connectivity index (χ2n) is 8.18. The second-order valence-corrected chi connectivity index (χ2v) is 8.18. The molecule has 4 aromatic rings. The predicted molar refractivity (Wildman–Crippen MR) is 128 cm³/mol. The maximum Gasteiger partial charge on any atom is 0.174 e. The van der Waals surface area contributed by atoms with Crippen molar-refractivity contribution in [2.24, 2.45) is 0 Å². The second kappa shape index (κ2) is 8.94. The smallest absolute Gasteiger partial charge is 0.174 e. The number of aryl methyl sites for hydroxylation is 2. The first-order valence-electron chi connectivity index (χ1n) is 11.1. The van der Waals surface area contributed by atoms with Crippen LogP contribution in [0.3, 0.4) is 0 Å². The number of imidazole rings is 1. The molecule has 168 valence electrons. The monoisotopic (exact) mass is 441 g/mol. The zero-order valence-corrected chi connectivity index (χ0v) is 19.1. The number of hydrogen-bond acceptors (Lipinski definition) is 5. The van der Waals surface area contributed by atoms with Gasteiger partial charge in [-0.3, -0.25) is 0 Å². The summed E-state index contributed by atoms with van der Waals surface area (Å²) in [6, 6.07) is 14.3. The summed E-state index contributed by atoms with van der Waals surface area (Å²) in [5.74, 6) is 3.57. The topological polar surface area (TPSA) is 67.0 Å². The fraction of sp³-hybridized carbons (Fsp3) is 0.269. The van der Waals surface area contributed by atoms with Crippen LogP contribution in [0, 0.1) is 6.92 Å². The van der Waals surface area contributed by atoms with Gasteiger partial charge in [0.2, 0.25) is 0 Å². The Morgan fingerprint density at radius 2 is 1.88 bits per heavy atom. The SMILES string of the molecule is COc1ccccc1C1CCCn2nc(/C=C/c3ccc(-n4cnc(C)c4)c(OC)c3)nc21. The van der Waals surface area contributed by atoms with Gasteiger partial charge in [-0.15, -0.1) is 0 Å². The van der Waals surface area contributed by atoms with Crippen LogP contribution in [0.4, 0.5) is 0 Å². The van der Waals surface area contributed by atoms with Gasteiger partial charge in [0.25, 0.3) is 0 Å². The lowest BCUT2D eigenvalue weighted by molar-refractivity contribution is 0.394. The van der Waals surface area contributed by atoms with E-state index in [0.717, 1.165) is 53.7 Å². The van der Waals surface area contributed by atoms with E-state index in [1.807, 2.05) is 58.8 Å². The van der Waals surface area contributed by atoms with Gasteiger partial charge in [0.1, 0.15) is 17.3 Å². The summed E-state index contributed by atoms with van der Waals surface area (Å²) in [4.78, 5) is 9.18. The minimum absolute atomic E-state index is 0.183. The number of ether oxygens (including phenoxy) is 2. The summed E-state index contributed by atoms with van der Waals surface area (Å²) in [7, 11) is 3.40. The number of rotatable bonds is 6. The van der Waals surface area contributed by atoms with Crippen molar-refractivity contribution in [2.45, 2.75) is 32.2 Å². The van der Waals surface area contributed by atoms with Crippen LogP contribution < -0.4 is 9.47 Å². The number of fused-ring (bicyclic) bond motifs is 1. The van der Waals surface area contributed by atoms with Crippen LogP contribution in [0.5, 0.6) is 11.5 Å². The van der Waals surface area contributed by atoms with Crippen LogP contribution in [-0.2, 0) is 6.54 Å². The molecule has 0 spiro atoms. The zero-order chi connectivity index (χ0) is 22.8. The summed E-state index contributed by atoms with van der Waals surface area (Å²) in [5, 5.41) is 4.74. The largest absolute Gasteiger partial charge is 0.496 e. The van der Waals surface area contributed by atoms with Gasteiger partial charge in [0, 0.05) is 24.2 Å². The fourth-order valence-electron chi connectivity index (χ4n) is 4.42. The predicted octanol–water partition coefficient (Wildman–Crippen LogP) is 4.89. The molecule has 1 unspecified atom stereocenters. The van der Waals surface area contributed by atoms with Crippen LogP contribution >= 0.6 is 0 Å². The molecule has 33 heavy (non-hydrogen) atoms. The molecular weight excluding hydrogens is 414 g/mol. The van der Waals surface area contributed by atoms with Crippen molar-refractivity contribution in [1.82, 2.24) is 24.3 Å². The van der Waals surface area contributed by atoms with Gasteiger partial charge >= 0.3 is 0 Å². The van der Waals surface area contributed by atoms with Crippen molar-refractivity contribution in [3.8, 4) is 17.2 Å². The molecule has 0 aliphatic carbocycles. The number of nitrogens with zero attached hydrogens (tertiary/aromatic N) is 5. The number of aromatic nitrogens is 5. The lowest BCUT2D eigenvalue weighted by atomic mass is 9.90. The minimum atomic E-state index is 0.183. The third-order valence-corrected chi connectivity index (χ3v) is 6.02. The first kappa shape index (κ1) is 21.0. The average Bonchev–Trinajstić information content (AvgIpc) is 3.48. The van der Waals surface area contributed by atoms with E-state index >= 15 is 0 Å². The molecule has 3 heterocycles. The summed E-state index contributed by atoms with van der Waals surface area (Å²) in [6.45, 7) is 2.85. The van der Waals surface area contributed by atoms with E-state index in [1.165, 1.54) is 5.56 Å². The minimum Gasteiger partial charge on any atom is -0.496 e. The van der Waals surface area contributed by atoms with E-state index < -0.39 is 0 Å². The Labute approximate surface area is 193 Å². The van der Waals surface area contributed by atoms with Gasteiger partial charge in [-0.1, -0.05) is 30.3 Å². The zero-order valence-electron chi connectivity index (χ0n) is 19.1. The highest BCUT2D eigenvalue weighted by Gasteiger charge is 2.27. The Morgan fingerprint density at radius 1 is 1.03 bits per heavy atom. The van der Waals surface area contributed by atoms with Crippen LogP contribution in [-0.4, -0.2) is 38.5 Å². The van der Waals surface area contributed by atoms with Crippen molar-refractivity contribution in [3.63, 3.8) is 0 Å². The van der Waals surface area contributed by atoms with Gasteiger partial charge < -0.3 is 14.0 Å². The molecule has 0 N–H and O–H groups in total. The quantitative estimate of drug-likeness (QED) is 0.426. The summed E-state index contributed by atoms with van der Waals surface area (Å²) >= 11 is 0. The first-order valence-corrected chi connectivity index (χ1v) is 11.1. The standard InChI is InChI=1S/C26H27N5O2/c1-18-16-30(17-27-18)22-12-10-19(15-24(22)33-3)11-13-25-28-26-21(8-6-14-31(26)29-25)20-7-4-5-9-23(20)32-2/h4-5,7,9-13,15-17,21H,6,8,14H2,1-3H3/b13-11+. The molecule has 5 rings (SSSR count). The highest BCUT2D eigenvalue weighted by Crippen LogP contribution is 2.37. The van der Waals surface area contributed by atoms with E-state index in [1.54, 1.807) is 20.5 Å². The first-order chi connectivity index (χ1) is 16.2. The highest BCUT2D eigenvalue weighted by atomic mass is 16.5. The van der Waals surface area contributed by atoms with Crippen LogP contribution in [0.2, 0.25) is 0 Å². The molecule has 7 heteroatoms. The Morgan fingerprint density at radius 3 is 2.67 bits per heavy atom. The molecular formula is C26H27N5O2. The molecule has 7 nitrogen and oxygen atoms in total. The molecule has 0 saturated heterocycles. The summed E-state index contributed by atoms with van der Waals surface area (Å²) in [5.41, 5.74) is 4.09. The maximum atomic E-state index is 5.62. The lowest BCUT2D eigenvalue weighted by Gasteiger charge is -2.23. The van der Waals surface area contributed by atoms with Crippen LogP contribution in [0.25, 0.3) is 17.8 Å². The lowest BCUT2D eigenvalue weighted by Crippen LogP contribution is -2.18. The molecule has 0 amide bonds.